The summed E-state index contributed by atoms with van der Waals surface area (Å²) in [5.74, 6) is 0. The predicted molar refractivity (Wildman–Crippen MR) is 101 cm³/mol. The molecular formula is C18H24BrN3O3. The van der Waals surface area contributed by atoms with Crippen LogP contribution in [0.1, 0.15) is 33.3 Å². The SMILES string of the molecule is Cc1cc(Br)c2oc(N3CCN(C(=O)OC(C)(C)C)C[C@@H]3C)nc2c1. The van der Waals surface area contributed by atoms with Crippen molar-refractivity contribution >= 4 is 39.1 Å². The van der Waals surface area contributed by atoms with E-state index in [1.165, 1.54) is 0 Å². The number of oxazole rings is 1. The molecule has 0 saturated carbocycles. The zero-order valence-corrected chi connectivity index (χ0v) is 16.9. The molecule has 1 aliphatic rings. The molecule has 1 saturated heterocycles. The molecule has 25 heavy (non-hydrogen) atoms. The molecule has 1 fully saturated rings. The van der Waals surface area contributed by atoms with Crippen molar-refractivity contribution in [3.05, 3.63) is 22.2 Å². The molecule has 0 radical (unpaired) electrons. The number of carbonyl (C=O) groups excluding carboxylic acids is 1. The van der Waals surface area contributed by atoms with Crippen LogP contribution < -0.4 is 4.90 Å². The number of benzene rings is 1. The molecule has 0 unspecified atom stereocenters. The normalized spacial score (nSPS) is 18.7. The lowest BCUT2D eigenvalue weighted by atomic mass is 10.2. The van der Waals surface area contributed by atoms with Crippen LogP contribution in [0.3, 0.4) is 0 Å². The molecule has 1 amide bonds. The number of hydrogen-bond acceptors (Lipinski definition) is 5. The maximum Gasteiger partial charge on any atom is 0.410 e. The molecule has 1 atom stereocenters. The van der Waals surface area contributed by atoms with E-state index in [1.54, 1.807) is 4.90 Å². The third kappa shape index (κ3) is 3.92. The summed E-state index contributed by atoms with van der Waals surface area (Å²) >= 11 is 3.53. The predicted octanol–water partition coefficient (Wildman–Crippen LogP) is 4.34. The molecule has 1 aromatic heterocycles. The largest absolute Gasteiger partial charge is 0.444 e. The Hall–Kier alpha value is -1.76. The Morgan fingerprint density at radius 3 is 2.72 bits per heavy atom. The average molecular weight is 410 g/mol. The van der Waals surface area contributed by atoms with Crippen LogP contribution in [0.25, 0.3) is 11.1 Å². The molecule has 1 aliphatic heterocycles. The molecule has 3 rings (SSSR count). The van der Waals surface area contributed by atoms with Gasteiger partial charge in [0, 0.05) is 25.7 Å². The van der Waals surface area contributed by atoms with Crippen molar-refractivity contribution in [2.24, 2.45) is 0 Å². The molecule has 2 aromatic rings. The Kier molecular flexibility index (Phi) is 4.70. The molecule has 2 heterocycles. The summed E-state index contributed by atoms with van der Waals surface area (Å²) in [5.41, 5.74) is 2.23. The van der Waals surface area contributed by atoms with E-state index in [-0.39, 0.29) is 12.1 Å². The number of piperazine rings is 1. The van der Waals surface area contributed by atoms with E-state index in [0.717, 1.165) is 21.1 Å². The van der Waals surface area contributed by atoms with Crippen LogP contribution in [0.4, 0.5) is 10.8 Å². The molecule has 0 aliphatic carbocycles. The summed E-state index contributed by atoms with van der Waals surface area (Å²) in [5, 5.41) is 0. The van der Waals surface area contributed by atoms with Crippen molar-refractivity contribution in [2.75, 3.05) is 24.5 Å². The number of rotatable bonds is 1. The Morgan fingerprint density at radius 1 is 1.36 bits per heavy atom. The quantitative estimate of drug-likeness (QED) is 0.700. The highest BCUT2D eigenvalue weighted by atomic mass is 79.9. The first-order valence-electron chi connectivity index (χ1n) is 8.45. The summed E-state index contributed by atoms with van der Waals surface area (Å²) in [6, 6.07) is 4.71. The van der Waals surface area contributed by atoms with Crippen molar-refractivity contribution < 1.29 is 13.9 Å². The van der Waals surface area contributed by atoms with Crippen LogP contribution in [0, 0.1) is 6.92 Å². The molecular weight excluding hydrogens is 386 g/mol. The van der Waals surface area contributed by atoms with Crippen LogP contribution in [-0.4, -0.2) is 47.3 Å². The van der Waals surface area contributed by atoms with Crippen molar-refractivity contribution in [1.29, 1.82) is 0 Å². The van der Waals surface area contributed by atoms with Crippen molar-refractivity contribution in [1.82, 2.24) is 9.88 Å². The van der Waals surface area contributed by atoms with E-state index in [1.807, 2.05) is 39.8 Å². The second-order valence-electron chi connectivity index (χ2n) is 7.56. The third-order valence-corrected chi connectivity index (χ3v) is 4.69. The standard InChI is InChI=1S/C18H24BrN3O3/c1-11-8-13(19)15-14(9-11)20-16(24-15)22-7-6-21(10-12(22)2)17(23)25-18(3,4)5/h8-9,12H,6-7,10H2,1-5H3/t12-/m0/s1. The second-order valence-corrected chi connectivity index (χ2v) is 8.41. The van der Waals surface area contributed by atoms with Gasteiger partial charge in [-0.05, 0) is 68.2 Å². The maximum absolute atomic E-state index is 12.3. The van der Waals surface area contributed by atoms with E-state index < -0.39 is 5.60 Å². The first kappa shape index (κ1) is 18.0. The molecule has 0 N–H and O–H groups in total. The summed E-state index contributed by atoms with van der Waals surface area (Å²) < 4.78 is 12.3. The van der Waals surface area contributed by atoms with Crippen LogP contribution in [0.2, 0.25) is 0 Å². The van der Waals surface area contributed by atoms with Gasteiger partial charge in [-0.15, -0.1) is 0 Å². The Labute approximate surface area is 156 Å². The molecule has 0 spiro atoms. The topological polar surface area (TPSA) is 58.8 Å². The monoisotopic (exact) mass is 409 g/mol. The fourth-order valence-electron chi connectivity index (χ4n) is 2.97. The minimum atomic E-state index is -0.484. The minimum absolute atomic E-state index is 0.0919. The highest BCUT2D eigenvalue weighted by molar-refractivity contribution is 9.10. The smallest absolute Gasteiger partial charge is 0.410 e. The first-order valence-corrected chi connectivity index (χ1v) is 9.24. The van der Waals surface area contributed by atoms with Crippen LogP contribution in [-0.2, 0) is 4.74 Å². The number of hydrogen-bond donors (Lipinski definition) is 0. The first-order chi connectivity index (χ1) is 11.6. The van der Waals surface area contributed by atoms with Crippen molar-refractivity contribution in [2.45, 2.75) is 46.3 Å². The van der Waals surface area contributed by atoms with Gasteiger partial charge in [-0.2, -0.15) is 4.98 Å². The van der Waals surface area contributed by atoms with E-state index in [2.05, 4.69) is 32.7 Å². The molecule has 136 valence electrons. The van der Waals surface area contributed by atoms with Gasteiger partial charge >= 0.3 is 6.09 Å². The average Bonchev–Trinajstić information content (AvgIpc) is 2.89. The zero-order valence-electron chi connectivity index (χ0n) is 15.3. The minimum Gasteiger partial charge on any atom is -0.444 e. The Balaban J connectivity index is 1.76. The van der Waals surface area contributed by atoms with Crippen molar-refractivity contribution in [3.8, 4) is 0 Å². The molecule has 1 aromatic carbocycles. The Morgan fingerprint density at radius 2 is 2.08 bits per heavy atom. The van der Waals surface area contributed by atoms with E-state index in [9.17, 15) is 4.79 Å². The fraction of sp³-hybridized carbons (Fsp3) is 0.556. The maximum atomic E-state index is 12.3. The zero-order chi connectivity index (χ0) is 18.4. The Bertz CT molecular complexity index is 797. The van der Waals surface area contributed by atoms with Gasteiger partial charge in [-0.25, -0.2) is 4.79 Å². The second kappa shape index (κ2) is 6.52. The van der Waals surface area contributed by atoms with E-state index in [0.29, 0.717) is 25.6 Å². The summed E-state index contributed by atoms with van der Waals surface area (Å²) in [7, 11) is 0. The van der Waals surface area contributed by atoms with Crippen LogP contribution >= 0.6 is 15.9 Å². The number of halogens is 1. The number of aryl methyl sites for hydroxylation is 1. The number of amides is 1. The van der Waals surface area contributed by atoms with Gasteiger partial charge in [0.05, 0.1) is 4.47 Å². The lowest BCUT2D eigenvalue weighted by Gasteiger charge is -2.39. The summed E-state index contributed by atoms with van der Waals surface area (Å²) in [6.45, 7) is 11.5. The molecule has 7 heteroatoms. The van der Waals surface area contributed by atoms with Gasteiger partial charge in [0.25, 0.3) is 6.01 Å². The summed E-state index contributed by atoms with van der Waals surface area (Å²) in [4.78, 5) is 20.7. The third-order valence-electron chi connectivity index (χ3n) is 4.10. The number of carbonyl (C=O) groups is 1. The number of ether oxygens (including phenoxy) is 1. The number of nitrogens with zero attached hydrogens (tertiary/aromatic N) is 3. The van der Waals surface area contributed by atoms with Gasteiger partial charge in [-0.3, -0.25) is 0 Å². The number of fused-ring (bicyclic) bond motifs is 1. The fourth-order valence-corrected chi connectivity index (χ4v) is 3.61. The molecule has 6 nitrogen and oxygen atoms in total. The van der Waals surface area contributed by atoms with E-state index in [4.69, 9.17) is 9.15 Å². The number of aromatic nitrogens is 1. The lowest BCUT2D eigenvalue weighted by molar-refractivity contribution is 0.0216. The van der Waals surface area contributed by atoms with Gasteiger partial charge in [-0.1, -0.05) is 0 Å². The van der Waals surface area contributed by atoms with Crippen molar-refractivity contribution in [3.63, 3.8) is 0 Å². The van der Waals surface area contributed by atoms with Gasteiger partial charge in [0.1, 0.15) is 11.1 Å². The number of anilines is 1. The van der Waals surface area contributed by atoms with Crippen LogP contribution in [0.15, 0.2) is 21.0 Å². The summed E-state index contributed by atoms with van der Waals surface area (Å²) in [6.07, 6.45) is -0.269. The lowest BCUT2D eigenvalue weighted by Crippen LogP contribution is -2.54. The highest BCUT2D eigenvalue weighted by Gasteiger charge is 2.32. The van der Waals surface area contributed by atoms with E-state index >= 15 is 0 Å². The van der Waals surface area contributed by atoms with Crippen LogP contribution in [0.5, 0.6) is 0 Å². The van der Waals surface area contributed by atoms with Gasteiger partial charge in [0.2, 0.25) is 0 Å². The molecule has 0 bridgehead atoms. The highest BCUT2D eigenvalue weighted by Crippen LogP contribution is 2.31. The van der Waals surface area contributed by atoms with Gasteiger partial charge in [0.15, 0.2) is 5.58 Å². The van der Waals surface area contributed by atoms with Gasteiger partial charge < -0.3 is 19.0 Å².